The summed E-state index contributed by atoms with van der Waals surface area (Å²) in [5.74, 6) is 0.654. The smallest absolute Gasteiger partial charge is 0.310 e. The maximum atomic E-state index is 12.0. The van der Waals surface area contributed by atoms with Gasteiger partial charge < -0.3 is 4.74 Å². The molecule has 4 heterocycles. The molecule has 0 N–H and O–H groups in total. The van der Waals surface area contributed by atoms with Gasteiger partial charge in [-0.05, 0) is 36.3 Å². The number of nitrogens with zero attached hydrogens (tertiary/aromatic N) is 1. The zero-order chi connectivity index (χ0) is 12.3. The van der Waals surface area contributed by atoms with Gasteiger partial charge >= 0.3 is 5.97 Å². The van der Waals surface area contributed by atoms with Crippen molar-refractivity contribution in [3.63, 3.8) is 0 Å². The molecular formula is C14H18ClNO2S. The summed E-state index contributed by atoms with van der Waals surface area (Å²) in [6.07, 6.45) is 3.40. The first-order chi connectivity index (χ1) is 8.79. The Balaban J connectivity index is 0.00000110. The molecule has 0 spiro atoms. The predicted molar refractivity (Wildman–Crippen MR) is 76.8 cm³/mol. The van der Waals surface area contributed by atoms with Gasteiger partial charge in [-0.2, -0.15) is 0 Å². The van der Waals surface area contributed by atoms with Gasteiger partial charge in [-0.25, -0.2) is 0 Å². The van der Waals surface area contributed by atoms with Crippen molar-refractivity contribution in [2.24, 2.45) is 5.92 Å². The second kappa shape index (κ2) is 4.76. The number of thiophene rings is 1. The molecule has 0 amide bonds. The molecule has 5 heteroatoms. The third kappa shape index (κ3) is 1.77. The van der Waals surface area contributed by atoms with Crippen molar-refractivity contribution >= 4 is 29.7 Å². The first-order valence-corrected chi connectivity index (χ1v) is 7.57. The average molecular weight is 300 g/mol. The van der Waals surface area contributed by atoms with Gasteiger partial charge in [0.1, 0.15) is 0 Å². The van der Waals surface area contributed by atoms with Crippen LogP contribution in [0.15, 0.2) is 11.4 Å². The molecule has 2 fully saturated rings. The summed E-state index contributed by atoms with van der Waals surface area (Å²) >= 11 is 1.87. The second-order valence-corrected chi connectivity index (χ2v) is 6.61. The summed E-state index contributed by atoms with van der Waals surface area (Å²) in [7, 11) is 1.52. The molecule has 0 aliphatic carbocycles. The van der Waals surface area contributed by atoms with E-state index < -0.39 is 0 Å². The summed E-state index contributed by atoms with van der Waals surface area (Å²) in [6.45, 7) is 1.04. The van der Waals surface area contributed by atoms with E-state index in [0.29, 0.717) is 18.0 Å². The van der Waals surface area contributed by atoms with E-state index in [9.17, 15) is 4.79 Å². The fourth-order valence-corrected chi connectivity index (χ4v) is 5.38. The van der Waals surface area contributed by atoms with Crippen LogP contribution in [0.4, 0.5) is 0 Å². The number of methoxy groups -OCH3 is 1. The number of halogens is 1. The van der Waals surface area contributed by atoms with Crippen LogP contribution in [-0.4, -0.2) is 30.1 Å². The maximum absolute atomic E-state index is 12.0. The highest BCUT2D eigenvalue weighted by Crippen LogP contribution is 2.52. The van der Waals surface area contributed by atoms with Crippen molar-refractivity contribution in [3.05, 3.63) is 21.9 Å². The largest absolute Gasteiger partial charge is 0.469 e. The van der Waals surface area contributed by atoms with E-state index in [2.05, 4.69) is 16.3 Å². The minimum Gasteiger partial charge on any atom is -0.469 e. The molecule has 1 aromatic rings. The lowest BCUT2D eigenvalue weighted by Crippen LogP contribution is -2.52. The van der Waals surface area contributed by atoms with Crippen molar-refractivity contribution in [3.8, 4) is 0 Å². The molecule has 2 saturated heterocycles. The third-order valence-corrected chi connectivity index (χ3v) is 6.11. The second-order valence-electron chi connectivity index (χ2n) is 5.67. The molecule has 0 radical (unpaired) electrons. The van der Waals surface area contributed by atoms with Gasteiger partial charge in [0.2, 0.25) is 0 Å². The molecule has 3 aliphatic heterocycles. The molecule has 0 aromatic carbocycles. The quantitative estimate of drug-likeness (QED) is 0.747. The maximum Gasteiger partial charge on any atom is 0.310 e. The number of fused-ring (bicyclic) bond motifs is 2. The Kier molecular flexibility index (Phi) is 3.36. The lowest BCUT2D eigenvalue weighted by molar-refractivity contribution is -0.150. The number of carbonyl (C=O) groups excluding carboxylic acids is 1. The van der Waals surface area contributed by atoms with E-state index in [1.54, 1.807) is 0 Å². The van der Waals surface area contributed by atoms with Crippen LogP contribution in [0.3, 0.4) is 0 Å². The van der Waals surface area contributed by atoms with Crippen molar-refractivity contribution in [1.29, 1.82) is 0 Å². The molecule has 3 aliphatic rings. The van der Waals surface area contributed by atoms with Gasteiger partial charge in [0.25, 0.3) is 0 Å². The van der Waals surface area contributed by atoms with Crippen LogP contribution in [0.2, 0.25) is 0 Å². The van der Waals surface area contributed by atoms with Crippen molar-refractivity contribution in [1.82, 2.24) is 4.90 Å². The minimum atomic E-state index is -0.00430. The van der Waals surface area contributed by atoms with E-state index in [0.717, 1.165) is 19.4 Å². The molecule has 1 unspecified atom stereocenters. The van der Waals surface area contributed by atoms with Crippen molar-refractivity contribution in [2.75, 3.05) is 7.11 Å². The van der Waals surface area contributed by atoms with Crippen molar-refractivity contribution < 1.29 is 9.53 Å². The van der Waals surface area contributed by atoms with Crippen LogP contribution in [0.1, 0.15) is 35.6 Å². The number of carbonyl (C=O) groups is 1. The summed E-state index contributed by atoms with van der Waals surface area (Å²) in [5.41, 5.74) is 1.50. The highest BCUT2D eigenvalue weighted by molar-refractivity contribution is 7.10. The van der Waals surface area contributed by atoms with E-state index in [4.69, 9.17) is 4.74 Å². The normalized spacial score (nSPS) is 38.3. The fourth-order valence-electron chi connectivity index (χ4n) is 4.29. The molecule has 4 bridgehead atoms. The van der Waals surface area contributed by atoms with Gasteiger partial charge in [0, 0.05) is 29.4 Å². The number of hydrogen-bond acceptors (Lipinski definition) is 4. The Bertz CT molecular complexity index is 503. The Morgan fingerprint density at radius 3 is 3.00 bits per heavy atom. The lowest BCUT2D eigenvalue weighted by Gasteiger charge is -2.46. The highest BCUT2D eigenvalue weighted by atomic mass is 35.5. The lowest BCUT2D eigenvalue weighted by atomic mass is 9.78. The monoisotopic (exact) mass is 299 g/mol. The molecule has 5 atom stereocenters. The third-order valence-electron chi connectivity index (χ3n) is 5.02. The number of piperidine rings is 1. The number of hydrogen-bond donors (Lipinski definition) is 0. The van der Waals surface area contributed by atoms with Crippen LogP contribution in [0.25, 0.3) is 0 Å². The summed E-state index contributed by atoms with van der Waals surface area (Å²) in [5, 5.41) is 2.20. The Morgan fingerprint density at radius 2 is 2.21 bits per heavy atom. The van der Waals surface area contributed by atoms with E-state index in [1.807, 2.05) is 11.3 Å². The van der Waals surface area contributed by atoms with Crippen LogP contribution in [-0.2, 0) is 16.1 Å². The zero-order valence-corrected chi connectivity index (χ0v) is 12.5. The van der Waals surface area contributed by atoms with E-state index in [-0.39, 0.29) is 24.3 Å². The van der Waals surface area contributed by atoms with Crippen LogP contribution in [0.5, 0.6) is 0 Å². The zero-order valence-electron chi connectivity index (χ0n) is 10.9. The summed E-state index contributed by atoms with van der Waals surface area (Å²) < 4.78 is 5.01. The average Bonchev–Trinajstić information content (AvgIpc) is 2.95. The number of esters is 1. The van der Waals surface area contributed by atoms with Gasteiger partial charge in [-0.1, -0.05) is 0 Å². The Morgan fingerprint density at radius 1 is 1.42 bits per heavy atom. The first-order valence-electron chi connectivity index (χ1n) is 6.69. The van der Waals surface area contributed by atoms with Gasteiger partial charge in [-0.15, -0.1) is 23.7 Å². The molecule has 1 aromatic heterocycles. The topological polar surface area (TPSA) is 29.5 Å². The molecule has 0 saturated carbocycles. The van der Waals surface area contributed by atoms with Crippen LogP contribution < -0.4 is 0 Å². The Hall–Kier alpha value is -0.580. The molecule has 4 rings (SSSR count). The van der Waals surface area contributed by atoms with Crippen LogP contribution in [0, 0.1) is 5.92 Å². The molecule has 104 valence electrons. The standard InChI is InChI=1S/C14H17NO2S.ClH/c1-17-14(16)10-6-9-11-2-3-12(10)15(11)7-8-4-5-18-13(8)9;/h4-5,9-12H,2-3,6-7H2,1H3;1H/t9-,10+,11-,12+;/m1./s1. The summed E-state index contributed by atoms with van der Waals surface area (Å²) in [4.78, 5) is 16.1. The number of rotatable bonds is 1. The minimum absolute atomic E-state index is 0. The highest BCUT2D eigenvalue weighted by Gasteiger charge is 2.53. The van der Waals surface area contributed by atoms with Gasteiger partial charge in [0.05, 0.1) is 13.0 Å². The van der Waals surface area contributed by atoms with E-state index >= 15 is 0 Å². The fraction of sp³-hybridized carbons (Fsp3) is 0.643. The number of ether oxygens (including phenoxy) is 1. The van der Waals surface area contributed by atoms with Crippen molar-refractivity contribution in [2.45, 2.75) is 43.8 Å². The van der Waals surface area contributed by atoms with Gasteiger partial charge in [-0.3, -0.25) is 9.69 Å². The first kappa shape index (κ1) is 13.4. The van der Waals surface area contributed by atoms with Gasteiger partial charge in [0.15, 0.2) is 0 Å². The molecule has 19 heavy (non-hydrogen) atoms. The SMILES string of the molecule is COC(=O)[C@H]1C[C@H]2c3sccc3CN3[C@@H]2CC[C@@H]13.Cl. The van der Waals surface area contributed by atoms with Crippen LogP contribution >= 0.6 is 23.7 Å². The Labute approximate surface area is 123 Å². The predicted octanol–water partition coefficient (Wildman–Crippen LogP) is 2.79. The molecule has 3 nitrogen and oxygen atoms in total. The van der Waals surface area contributed by atoms with E-state index in [1.165, 1.54) is 24.0 Å². The molecular weight excluding hydrogens is 282 g/mol. The summed E-state index contributed by atoms with van der Waals surface area (Å²) in [6, 6.07) is 3.37.